The second-order valence-electron chi connectivity index (χ2n) is 5.49. The first-order valence-electron chi connectivity index (χ1n) is 7.16. The van der Waals surface area contributed by atoms with Crippen molar-refractivity contribution in [1.29, 1.82) is 0 Å². The molecule has 116 valence electrons. The Bertz CT molecular complexity index is 662. The maximum Gasteiger partial charge on any atom is 0.140 e. The molecule has 1 fully saturated rings. The smallest absolute Gasteiger partial charge is 0.140 e. The number of hydrogen-bond acceptors (Lipinski definition) is 4. The SMILES string of the molecule is CC1CN(C(=S)c2cn(-c3ccc(F)cc3)nn2)CC(C)O1. The lowest BCUT2D eigenvalue weighted by atomic mass is 10.2. The van der Waals surface area contributed by atoms with Crippen LogP contribution in [-0.4, -0.2) is 50.2 Å². The zero-order valence-corrected chi connectivity index (χ0v) is 13.3. The van der Waals surface area contributed by atoms with Crippen LogP contribution < -0.4 is 0 Å². The highest BCUT2D eigenvalue weighted by molar-refractivity contribution is 7.80. The summed E-state index contributed by atoms with van der Waals surface area (Å²) >= 11 is 5.52. The summed E-state index contributed by atoms with van der Waals surface area (Å²) in [6.45, 7) is 5.54. The fourth-order valence-electron chi connectivity index (χ4n) is 2.59. The van der Waals surface area contributed by atoms with Gasteiger partial charge < -0.3 is 9.64 Å². The van der Waals surface area contributed by atoms with Gasteiger partial charge in [0.1, 0.15) is 16.5 Å². The van der Waals surface area contributed by atoms with E-state index in [0.717, 1.165) is 18.8 Å². The van der Waals surface area contributed by atoms with E-state index >= 15 is 0 Å². The number of benzene rings is 1. The third-order valence-corrected chi connectivity index (χ3v) is 3.98. The van der Waals surface area contributed by atoms with Crippen molar-refractivity contribution in [1.82, 2.24) is 19.9 Å². The van der Waals surface area contributed by atoms with E-state index in [0.29, 0.717) is 10.7 Å². The van der Waals surface area contributed by atoms with Crippen LogP contribution in [0.3, 0.4) is 0 Å². The summed E-state index contributed by atoms with van der Waals surface area (Å²) in [4.78, 5) is 2.75. The van der Waals surface area contributed by atoms with Crippen molar-refractivity contribution in [2.45, 2.75) is 26.1 Å². The first kappa shape index (κ1) is 15.1. The Morgan fingerprint density at radius 2 is 1.86 bits per heavy atom. The highest BCUT2D eigenvalue weighted by Gasteiger charge is 2.25. The average Bonchev–Trinajstić information content (AvgIpc) is 2.96. The van der Waals surface area contributed by atoms with Gasteiger partial charge in [0.05, 0.1) is 24.1 Å². The summed E-state index contributed by atoms with van der Waals surface area (Å²) < 4.78 is 20.3. The summed E-state index contributed by atoms with van der Waals surface area (Å²) in [5.41, 5.74) is 1.38. The van der Waals surface area contributed by atoms with Crippen molar-refractivity contribution >= 4 is 17.2 Å². The van der Waals surface area contributed by atoms with Crippen LogP contribution in [-0.2, 0) is 4.74 Å². The molecule has 0 bridgehead atoms. The van der Waals surface area contributed by atoms with Crippen molar-refractivity contribution in [3.8, 4) is 5.69 Å². The molecule has 0 N–H and O–H groups in total. The van der Waals surface area contributed by atoms with E-state index in [-0.39, 0.29) is 18.0 Å². The molecule has 1 saturated heterocycles. The van der Waals surface area contributed by atoms with Crippen molar-refractivity contribution in [3.63, 3.8) is 0 Å². The van der Waals surface area contributed by atoms with Crippen LogP contribution in [0.5, 0.6) is 0 Å². The first-order valence-corrected chi connectivity index (χ1v) is 7.57. The number of ether oxygens (including phenoxy) is 1. The summed E-state index contributed by atoms with van der Waals surface area (Å²) in [6.07, 6.45) is 2.03. The standard InChI is InChI=1S/C15H17FN4OS/c1-10-7-19(8-11(2)21-10)15(22)14-9-20(18-17-14)13-5-3-12(16)4-6-13/h3-6,9-11H,7-8H2,1-2H3. The average molecular weight is 320 g/mol. The molecule has 1 aromatic heterocycles. The normalized spacial score (nSPS) is 21.9. The third-order valence-electron chi connectivity index (χ3n) is 3.51. The van der Waals surface area contributed by atoms with Gasteiger partial charge in [-0.3, -0.25) is 0 Å². The van der Waals surface area contributed by atoms with Crippen molar-refractivity contribution in [3.05, 3.63) is 42.0 Å². The van der Waals surface area contributed by atoms with Crippen molar-refractivity contribution in [2.24, 2.45) is 0 Å². The van der Waals surface area contributed by atoms with Gasteiger partial charge in [0.25, 0.3) is 0 Å². The predicted octanol–water partition coefficient (Wildman–Crippen LogP) is 2.19. The molecular weight excluding hydrogens is 303 g/mol. The molecule has 0 amide bonds. The molecule has 1 aliphatic rings. The number of hydrogen-bond donors (Lipinski definition) is 0. The lowest BCUT2D eigenvalue weighted by Gasteiger charge is -2.36. The number of morpholine rings is 1. The maximum absolute atomic E-state index is 13.0. The molecule has 0 aliphatic carbocycles. The molecule has 2 aromatic rings. The van der Waals surface area contributed by atoms with Gasteiger partial charge in [-0.05, 0) is 38.1 Å². The largest absolute Gasteiger partial charge is 0.372 e. The number of rotatable bonds is 2. The van der Waals surface area contributed by atoms with Crippen LogP contribution in [0.2, 0.25) is 0 Å². The molecule has 1 aromatic carbocycles. The zero-order valence-electron chi connectivity index (χ0n) is 12.4. The van der Waals surface area contributed by atoms with Crippen molar-refractivity contribution < 1.29 is 9.13 Å². The summed E-state index contributed by atoms with van der Waals surface area (Å²) in [6, 6.07) is 6.08. The quantitative estimate of drug-likeness (QED) is 0.794. The van der Waals surface area contributed by atoms with E-state index in [1.165, 1.54) is 12.1 Å². The second kappa shape index (κ2) is 6.10. The Balaban J connectivity index is 1.78. The zero-order chi connectivity index (χ0) is 15.7. The van der Waals surface area contributed by atoms with Crippen molar-refractivity contribution in [2.75, 3.05) is 13.1 Å². The first-order chi connectivity index (χ1) is 10.5. The lowest BCUT2D eigenvalue weighted by Crippen LogP contribution is -2.47. The summed E-state index contributed by atoms with van der Waals surface area (Å²) in [7, 11) is 0. The predicted molar refractivity (Wildman–Crippen MR) is 84.6 cm³/mol. The maximum atomic E-state index is 13.0. The van der Waals surface area contributed by atoms with Crippen LogP contribution in [0, 0.1) is 5.82 Å². The van der Waals surface area contributed by atoms with E-state index in [1.807, 2.05) is 13.8 Å². The van der Waals surface area contributed by atoms with Gasteiger partial charge in [-0.1, -0.05) is 17.4 Å². The van der Waals surface area contributed by atoms with Gasteiger partial charge in [0, 0.05) is 13.1 Å². The fourth-order valence-corrected chi connectivity index (χ4v) is 2.83. The highest BCUT2D eigenvalue weighted by atomic mass is 32.1. The third kappa shape index (κ3) is 3.15. The fraction of sp³-hybridized carbons (Fsp3) is 0.400. The number of thiocarbonyl (C=S) groups is 1. The molecule has 2 heterocycles. The minimum Gasteiger partial charge on any atom is -0.372 e. The molecule has 2 atom stereocenters. The number of halogens is 1. The second-order valence-corrected chi connectivity index (χ2v) is 5.88. The van der Waals surface area contributed by atoms with Crippen LogP contribution in [0.1, 0.15) is 19.5 Å². The monoisotopic (exact) mass is 320 g/mol. The number of nitrogens with zero attached hydrogens (tertiary/aromatic N) is 4. The molecule has 7 heteroatoms. The van der Waals surface area contributed by atoms with Crippen LogP contribution in [0.25, 0.3) is 5.69 Å². The molecule has 0 radical (unpaired) electrons. The van der Waals surface area contributed by atoms with Gasteiger partial charge in [-0.15, -0.1) is 5.10 Å². The van der Waals surface area contributed by atoms with Crippen LogP contribution in [0.15, 0.2) is 30.5 Å². The minimum atomic E-state index is -0.282. The lowest BCUT2D eigenvalue weighted by molar-refractivity contribution is -0.0472. The van der Waals surface area contributed by atoms with E-state index in [4.69, 9.17) is 17.0 Å². The Kier molecular flexibility index (Phi) is 4.17. The van der Waals surface area contributed by atoms with Gasteiger partial charge in [0.2, 0.25) is 0 Å². The Morgan fingerprint density at radius 3 is 2.50 bits per heavy atom. The summed E-state index contributed by atoms with van der Waals surface area (Å²) in [5, 5.41) is 8.20. The Labute approximate surface area is 133 Å². The Hall–Kier alpha value is -1.86. The van der Waals surface area contributed by atoms with Gasteiger partial charge in [-0.2, -0.15) is 0 Å². The number of aromatic nitrogens is 3. The molecule has 1 aliphatic heterocycles. The topological polar surface area (TPSA) is 43.2 Å². The van der Waals surface area contributed by atoms with Gasteiger partial charge in [-0.25, -0.2) is 9.07 Å². The van der Waals surface area contributed by atoms with E-state index in [1.54, 1.807) is 23.0 Å². The molecule has 0 spiro atoms. The molecule has 5 nitrogen and oxygen atoms in total. The van der Waals surface area contributed by atoms with E-state index < -0.39 is 0 Å². The van der Waals surface area contributed by atoms with Crippen LogP contribution in [0.4, 0.5) is 4.39 Å². The molecule has 3 rings (SSSR count). The van der Waals surface area contributed by atoms with E-state index in [9.17, 15) is 4.39 Å². The van der Waals surface area contributed by atoms with E-state index in [2.05, 4.69) is 15.2 Å². The summed E-state index contributed by atoms with van der Waals surface area (Å²) in [5.74, 6) is -0.282. The Morgan fingerprint density at radius 1 is 1.23 bits per heavy atom. The van der Waals surface area contributed by atoms with Gasteiger partial charge in [0.15, 0.2) is 0 Å². The molecular formula is C15H17FN4OS. The molecule has 0 saturated carbocycles. The molecule has 2 unspecified atom stereocenters. The molecule has 22 heavy (non-hydrogen) atoms. The minimum absolute atomic E-state index is 0.133. The van der Waals surface area contributed by atoms with Crippen LogP contribution >= 0.6 is 12.2 Å². The van der Waals surface area contributed by atoms with Gasteiger partial charge >= 0.3 is 0 Å². The highest BCUT2D eigenvalue weighted by Crippen LogP contribution is 2.15.